The van der Waals surface area contributed by atoms with Crippen molar-refractivity contribution in [1.29, 1.82) is 0 Å². The molecule has 1 aliphatic heterocycles. The zero-order chi connectivity index (χ0) is 14.1. The highest BCUT2D eigenvalue weighted by molar-refractivity contribution is 6.06. The van der Waals surface area contributed by atoms with Gasteiger partial charge in [0, 0.05) is 0 Å². The van der Waals surface area contributed by atoms with Crippen molar-refractivity contribution in [2.75, 3.05) is 0 Å². The van der Waals surface area contributed by atoms with E-state index in [1.807, 2.05) is 0 Å². The van der Waals surface area contributed by atoms with Gasteiger partial charge < -0.3 is 5.32 Å². The molecule has 1 fully saturated rings. The Labute approximate surface area is 116 Å². The Balaban J connectivity index is 2.48. The summed E-state index contributed by atoms with van der Waals surface area (Å²) >= 11 is 0. The standard InChI is InChI=1S/C15H28N2O2/c1-3-5-7-9-11-15(12-10-8-6-4-2)13(18)16-14(19)17-15/h3-12H2,1-2H3,(H2,16,17,18,19). The normalized spacial score (nSPS) is 17.4. The monoisotopic (exact) mass is 268 g/mol. The Morgan fingerprint density at radius 1 is 0.842 bits per heavy atom. The predicted octanol–water partition coefficient (Wildman–Crippen LogP) is 3.51. The first-order valence-electron chi connectivity index (χ1n) is 7.78. The molecule has 4 nitrogen and oxygen atoms in total. The van der Waals surface area contributed by atoms with Crippen molar-refractivity contribution >= 4 is 11.9 Å². The molecule has 0 radical (unpaired) electrons. The first kappa shape index (κ1) is 16.0. The van der Waals surface area contributed by atoms with Gasteiger partial charge in [0.2, 0.25) is 0 Å². The van der Waals surface area contributed by atoms with Crippen LogP contribution >= 0.6 is 0 Å². The molecule has 0 spiro atoms. The van der Waals surface area contributed by atoms with Gasteiger partial charge in [-0.15, -0.1) is 0 Å². The first-order chi connectivity index (χ1) is 9.14. The van der Waals surface area contributed by atoms with Crippen LogP contribution in [-0.4, -0.2) is 17.5 Å². The summed E-state index contributed by atoms with van der Waals surface area (Å²) in [5, 5.41) is 5.27. The molecule has 0 aromatic rings. The molecule has 0 unspecified atom stereocenters. The van der Waals surface area contributed by atoms with Crippen LogP contribution in [0, 0.1) is 0 Å². The molecule has 3 amide bonds. The molecule has 110 valence electrons. The van der Waals surface area contributed by atoms with Crippen molar-refractivity contribution in [3.63, 3.8) is 0 Å². The molecule has 1 saturated heterocycles. The number of carbonyl (C=O) groups excluding carboxylic acids is 2. The van der Waals surface area contributed by atoms with E-state index in [9.17, 15) is 9.59 Å². The second-order valence-corrected chi connectivity index (χ2v) is 5.61. The van der Waals surface area contributed by atoms with Crippen LogP contribution in [0.15, 0.2) is 0 Å². The molecule has 0 aliphatic carbocycles. The highest BCUT2D eigenvalue weighted by Gasteiger charge is 2.44. The van der Waals surface area contributed by atoms with Gasteiger partial charge in [0.05, 0.1) is 0 Å². The van der Waals surface area contributed by atoms with E-state index in [1.165, 1.54) is 25.7 Å². The van der Waals surface area contributed by atoms with E-state index in [0.717, 1.165) is 38.5 Å². The Hall–Kier alpha value is -1.06. The van der Waals surface area contributed by atoms with Gasteiger partial charge in [-0.25, -0.2) is 4.79 Å². The highest BCUT2D eigenvalue weighted by atomic mass is 16.2. The molecule has 4 heteroatoms. The molecule has 1 heterocycles. The topological polar surface area (TPSA) is 58.2 Å². The van der Waals surface area contributed by atoms with E-state index in [-0.39, 0.29) is 11.9 Å². The number of hydrogen-bond donors (Lipinski definition) is 2. The van der Waals surface area contributed by atoms with Gasteiger partial charge in [0.15, 0.2) is 0 Å². The minimum atomic E-state index is -0.626. The maximum atomic E-state index is 12.0. The SMILES string of the molecule is CCCCCCC1(CCCCCC)NC(=O)NC1=O. The van der Waals surface area contributed by atoms with E-state index >= 15 is 0 Å². The average molecular weight is 268 g/mol. The van der Waals surface area contributed by atoms with Crippen molar-refractivity contribution < 1.29 is 9.59 Å². The van der Waals surface area contributed by atoms with Gasteiger partial charge in [-0.3, -0.25) is 10.1 Å². The molecule has 1 rings (SSSR count). The second-order valence-electron chi connectivity index (χ2n) is 5.61. The lowest BCUT2D eigenvalue weighted by Crippen LogP contribution is -2.46. The summed E-state index contributed by atoms with van der Waals surface area (Å²) in [5.41, 5.74) is -0.626. The summed E-state index contributed by atoms with van der Waals surface area (Å²) in [7, 11) is 0. The molecule has 0 bridgehead atoms. The average Bonchev–Trinajstić information content (AvgIpc) is 2.66. The lowest BCUT2D eigenvalue weighted by atomic mass is 9.86. The molecule has 0 atom stereocenters. The quantitative estimate of drug-likeness (QED) is 0.470. The van der Waals surface area contributed by atoms with Gasteiger partial charge in [0.1, 0.15) is 5.54 Å². The zero-order valence-electron chi connectivity index (χ0n) is 12.4. The fourth-order valence-electron chi connectivity index (χ4n) is 2.71. The van der Waals surface area contributed by atoms with Crippen molar-refractivity contribution in [2.24, 2.45) is 0 Å². The number of nitrogens with one attached hydrogen (secondary N) is 2. The van der Waals surface area contributed by atoms with E-state index in [1.54, 1.807) is 0 Å². The van der Waals surface area contributed by atoms with Crippen molar-refractivity contribution in [2.45, 2.75) is 83.6 Å². The third-order valence-electron chi connectivity index (χ3n) is 3.93. The summed E-state index contributed by atoms with van der Waals surface area (Å²) in [6.45, 7) is 4.34. The minimum absolute atomic E-state index is 0.120. The van der Waals surface area contributed by atoms with Gasteiger partial charge >= 0.3 is 6.03 Å². The van der Waals surface area contributed by atoms with Crippen LogP contribution in [0.25, 0.3) is 0 Å². The summed E-state index contributed by atoms with van der Waals surface area (Å²) in [5.74, 6) is -0.120. The molecule has 0 aromatic heterocycles. The van der Waals surface area contributed by atoms with E-state index in [4.69, 9.17) is 0 Å². The summed E-state index contributed by atoms with van der Waals surface area (Å²) in [4.78, 5) is 23.4. The van der Waals surface area contributed by atoms with E-state index in [2.05, 4.69) is 24.5 Å². The molecular formula is C15H28N2O2. The number of hydrogen-bond acceptors (Lipinski definition) is 2. The fraction of sp³-hybridized carbons (Fsp3) is 0.867. The van der Waals surface area contributed by atoms with Crippen molar-refractivity contribution in [1.82, 2.24) is 10.6 Å². The van der Waals surface area contributed by atoms with Crippen LogP contribution in [0.3, 0.4) is 0 Å². The number of imide groups is 1. The number of urea groups is 1. The van der Waals surface area contributed by atoms with Gasteiger partial charge in [-0.05, 0) is 12.8 Å². The molecule has 0 aromatic carbocycles. The number of amides is 3. The predicted molar refractivity (Wildman–Crippen MR) is 76.9 cm³/mol. The number of rotatable bonds is 10. The largest absolute Gasteiger partial charge is 0.323 e. The first-order valence-corrected chi connectivity index (χ1v) is 7.78. The van der Waals surface area contributed by atoms with Gasteiger partial charge in [-0.1, -0.05) is 65.2 Å². The smallest absolute Gasteiger partial charge is 0.322 e. The van der Waals surface area contributed by atoms with E-state index in [0.29, 0.717) is 0 Å². The zero-order valence-corrected chi connectivity index (χ0v) is 12.4. The number of carbonyl (C=O) groups is 2. The Morgan fingerprint density at radius 3 is 1.74 bits per heavy atom. The van der Waals surface area contributed by atoms with Crippen LogP contribution in [0.2, 0.25) is 0 Å². The maximum Gasteiger partial charge on any atom is 0.322 e. The van der Waals surface area contributed by atoms with Crippen molar-refractivity contribution in [3.05, 3.63) is 0 Å². The molecule has 1 aliphatic rings. The Bertz CT molecular complexity index is 291. The minimum Gasteiger partial charge on any atom is -0.323 e. The lowest BCUT2D eigenvalue weighted by Gasteiger charge is -2.26. The second kappa shape index (κ2) is 8.18. The van der Waals surface area contributed by atoms with Gasteiger partial charge in [0.25, 0.3) is 5.91 Å². The third kappa shape index (κ3) is 4.84. The van der Waals surface area contributed by atoms with Crippen LogP contribution in [0.4, 0.5) is 4.79 Å². The lowest BCUT2D eigenvalue weighted by molar-refractivity contribution is -0.124. The Kier molecular flexibility index (Phi) is 6.89. The molecular weight excluding hydrogens is 240 g/mol. The van der Waals surface area contributed by atoms with Crippen LogP contribution in [0.1, 0.15) is 78.1 Å². The molecule has 2 N–H and O–H groups in total. The molecule has 19 heavy (non-hydrogen) atoms. The summed E-state index contributed by atoms with van der Waals surface area (Å²) in [6, 6.07) is -0.323. The highest BCUT2D eigenvalue weighted by Crippen LogP contribution is 2.26. The van der Waals surface area contributed by atoms with Crippen LogP contribution < -0.4 is 10.6 Å². The Morgan fingerprint density at radius 2 is 1.37 bits per heavy atom. The third-order valence-corrected chi connectivity index (χ3v) is 3.93. The van der Waals surface area contributed by atoms with Gasteiger partial charge in [-0.2, -0.15) is 0 Å². The maximum absolute atomic E-state index is 12.0. The molecule has 0 saturated carbocycles. The number of unbranched alkanes of at least 4 members (excludes halogenated alkanes) is 6. The van der Waals surface area contributed by atoms with E-state index < -0.39 is 5.54 Å². The fourth-order valence-corrected chi connectivity index (χ4v) is 2.71. The van der Waals surface area contributed by atoms with Crippen LogP contribution in [0.5, 0.6) is 0 Å². The van der Waals surface area contributed by atoms with Crippen molar-refractivity contribution in [3.8, 4) is 0 Å². The van der Waals surface area contributed by atoms with Crippen LogP contribution in [-0.2, 0) is 4.79 Å². The summed E-state index contributed by atoms with van der Waals surface area (Å²) < 4.78 is 0. The summed E-state index contributed by atoms with van der Waals surface area (Å²) in [6.07, 6.45) is 10.6.